The summed E-state index contributed by atoms with van der Waals surface area (Å²) in [5.74, 6) is -0.456. The fraction of sp³-hybridized carbons (Fsp3) is 0.441. The third kappa shape index (κ3) is 7.06. The molecule has 3 atom stereocenters. The first kappa shape index (κ1) is 34.6. The van der Waals surface area contributed by atoms with Gasteiger partial charge in [0.1, 0.15) is 22.2 Å². The van der Waals surface area contributed by atoms with E-state index in [2.05, 4.69) is 4.72 Å². The fourth-order valence-electron chi connectivity index (χ4n) is 5.42. The minimum Gasteiger partial charge on any atom is -0.598 e. The van der Waals surface area contributed by atoms with Crippen molar-refractivity contribution in [3.63, 3.8) is 0 Å². The summed E-state index contributed by atoms with van der Waals surface area (Å²) in [5, 5.41) is 11.4. The summed E-state index contributed by atoms with van der Waals surface area (Å²) in [7, 11) is 0. The fourth-order valence-corrected chi connectivity index (χ4v) is 7.76. The smallest absolute Gasteiger partial charge is 0.413 e. The lowest BCUT2D eigenvalue weighted by Gasteiger charge is -2.33. The largest absolute Gasteiger partial charge is 0.598 e. The second-order valence-corrected chi connectivity index (χ2v) is 17.6. The maximum absolute atomic E-state index is 13.6. The summed E-state index contributed by atoms with van der Waals surface area (Å²) in [6.07, 6.45) is 0.650. The van der Waals surface area contributed by atoms with Gasteiger partial charge in [-0.25, -0.2) is 9.78 Å². The zero-order valence-electron chi connectivity index (χ0n) is 27.6. The number of nitrogens with zero attached hydrogens (tertiary/aromatic N) is 3. The molecule has 2 N–H and O–H groups in total. The van der Waals surface area contributed by atoms with Gasteiger partial charge in [-0.1, -0.05) is 29.8 Å². The van der Waals surface area contributed by atoms with Gasteiger partial charge in [0.15, 0.2) is 5.79 Å². The van der Waals surface area contributed by atoms with E-state index in [1.807, 2.05) is 77.9 Å². The molecule has 1 saturated heterocycles. The highest BCUT2D eigenvalue weighted by atomic mass is 35.5. The molecule has 4 heterocycles. The number of nitrogens with one attached hydrogen (secondary N) is 1. The molecule has 1 fully saturated rings. The molecule has 46 heavy (non-hydrogen) atoms. The number of anilines is 1. The standard InChI is InChI=1S/C34H41ClN4O5S2/c1-31(2,3)39(30(40)41)26-14-13-23(35)27(37-26)28(38-46(42)32(4,5)6)25-17-20-11-10-12-22(29(20)45-25)24-18-21(15-16-36-24)34(9)19-43-33(7,8)44-34/h10-18,28,38H,19H2,1-9H3,(H,40,41). The lowest BCUT2D eigenvalue weighted by Crippen LogP contribution is -2.46. The Morgan fingerprint density at radius 3 is 2.46 bits per heavy atom. The highest BCUT2D eigenvalue weighted by molar-refractivity contribution is 7.90. The highest BCUT2D eigenvalue weighted by Crippen LogP contribution is 2.43. The van der Waals surface area contributed by atoms with Gasteiger partial charge in [0.05, 0.1) is 23.0 Å². The van der Waals surface area contributed by atoms with Gasteiger partial charge < -0.3 is 19.1 Å². The third-order valence-corrected chi connectivity index (χ3v) is 10.8. The molecule has 5 rings (SSSR count). The second-order valence-electron chi connectivity index (χ2n) is 14.1. The van der Waals surface area contributed by atoms with E-state index in [1.165, 1.54) is 16.2 Å². The Bertz CT molecular complexity index is 1770. The number of aromatic nitrogens is 2. The number of benzene rings is 1. The first-order valence-corrected chi connectivity index (χ1v) is 17.3. The van der Waals surface area contributed by atoms with Gasteiger partial charge in [-0.2, -0.15) is 0 Å². The molecular formula is C34H41ClN4O5S2. The molecule has 1 aromatic carbocycles. The van der Waals surface area contributed by atoms with Crippen molar-refractivity contribution in [1.82, 2.24) is 14.7 Å². The maximum Gasteiger partial charge on any atom is 0.413 e. The van der Waals surface area contributed by atoms with Gasteiger partial charge in [0, 0.05) is 38.2 Å². The number of fused-ring (bicyclic) bond motifs is 1. The Morgan fingerprint density at radius 1 is 1.13 bits per heavy atom. The molecule has 0 aliphatic carbocycles. The van der Waals surface area contributed by atoms with Gasteiger partial charge >= 0.3 is 6.09 Å². The number of carbonyl (C=O) groups is 1. The van der Waals surface area contributed by atoms with Crippen molar-refractivity contribution in [2.75, 3.05) is 11.5 Å². The number of pyridine rings is 2. The molecule has 246 valence electrons. The average Bonchev–Trinajstić information content (AvgIpc) is 3.51. The molecule has 1 aliphatic rings. The Hall–Kier alpha value is -2.77. The van der Waals surface area contributed by atoms with Crippen molar-refractivity contribution in [3.05, 3.63) is 75.9 Å². The number of carboxylic acid groups (broad SMARTS) is 1. The third-order valence-electron chi connectivity index (χ3n) is 7.66. The molecule has 3 aromatic heterocycles. The zero-order valence-corrected chi connectivity index (χ0v) is 30.0. The van der Waals surface area contributed by atoms with Crippen molar-refractivity contribution >= 4 is 56.3 Å². The first-order chi connectivity index (χ1) is 21.3. The molecule has 3 unspecified atom stereocenters. The topological polar surface area (TPSA) is 120 Å². The van der Waals surface area contributed by atoms with Crippen LogP contribution in [0.15, 0.2) is 54.7 Å². The Kier molecular flexibility index (Phi) is 9.28. The molecule has 9 nitrogen and oxygen atoms in total. The number of thiophene rings is 1. The molecule has 0 saturated carbocycles. The molecular weight excluding hydrogens is 644 g/mol. The Morgan fingerprint density at radius 2 is 1.85 bits per heavy atom. The molecule has 0 bridgehead atoms. The van der Waals surface area contributed by atoms with E-state index in [0.717, 1.165) is 31.8 Å². The van der Waals surface area contributed by atoms with E-state index in [4.69, 9.17) is 31.0 Å². The summed E-state index contributed by atoms with van der Waals surface area (Å²) in [6.45, 7) is 17.3. The maximum atomic E-state index is 13.6. The van der Waals surface area contributed by atoms with Gasteiger partial charge in [0.2, 0.25) is 0 Å². The summed E-state index contributed by atoms with van der Waals surface area (Å²) in [5.41, 5.74) is 1.69. The first-order valence-electron chi connectivity index (χ1n) is 15.0. The molecule has 4 aromatic rings. The highest BCUT2D eigenvalue weighted by Gasteiger charge is 2.43. The Labute approximate surface area is 282 Å². The summed E-state index contributed by atoms with van der Waals surface area (Å²) in [4.78, 5) is 23.8. The van der Waals surface area contributed by atoms with Crippen LogP contribution in [0.2, 0.25) is 5.02 Å². The average molecular weight is 685 g/mol. The number of halogens is 1. The van der Waals surface area contributed by atoms with E-state index < -0.39 is 45.2 Å². The van der Waals surface area contributed by atoms with Crippen molar-refractivity contribution in [2.24, 2.45) is 0 Å². The number of hydrogen-bond acceptors (Lipinski definition) is 8. The van der Waals surface area contributed by atoms with Crippen molar-refractivity contribution in [2.45, 2.75) is 90.0 Å². The second kappa shape index (κ2) is 12.4. The van der Waals surface area contributed by atoms with Crippen LogP contribution >= 0.6 is 22.9 Å². The Balaban J connectivity index is 1.63. The van der Waals surface area contributed by atoms with E-state index >= 15 is 0 Å². The molecule has 0 radical (unpaired) electrons. The normalized spacial score (nSPS) is 19.7. The van der Waals surface area contributed by atoms with Crippen LogP contribution in [0.1, 0.15) is 84.5 Å². The predicted octanol–water partition coefficient (Wildman–Crippen LogP) is 8.43. The molecule has 1 aliphatic heterocycles. The van der Waals surface area contributed by atoms with E-state index in [9.17, 15) is 14.5 Å². The SMILES string of the molecule is CC1(C)OCC(C)(c2ccnc(-c3cccc4cc(C(N[S+]([O-])C(C)(C)C)c5nc(N(C(=O)O)C(C)(C)C)ccc5Cl)sc34)c2)O1. The number of rotatable bonds is 7. The van der Waals surface area contributed by atoms with Gasteiger partial charge in [-0.05, 0) is 104 Å². The van der Waals surface area contributed by atoms with Crippen LogP contribution in [0.25, 0.3) is 21.3 Å². The predicted molar refractivity (Wildman–Crippen MR) is 186 cm³/mol. The van der Waals surface area contributed by atoms with Crippen molar-refractivity contribution in [1.29, 1.82) is 0 Å². The lowest BCUT2D eigenvalue weighted by atomic mass is 9.96. The summed E-state index contributed by atoms with van der Waals surface area (Å²) >= 11 is 6.80. The molecule has 12 heteroatoms. The van der Waals surface area contributed by atoms with Crippen molar-refractivity contribution in [3.8, 4) is 11.3 Å². The van der Waals surface area contributed by atoms with Gasteiger partial charge in [0.25, 0.3) is 0 Å². The van der Waals surface area contributed by atoms with Crippen molar-refractivity contribution < 1.29 is 23.9 Å². The number of hydrogen-bond donors (Lipinski definition) is 2. The quantitative estimate of drug-likeness (QED) is 0.186. The number of ether oxygens (including phenoxy) is 2. The lowest BCUT2D eigenvalue weighted by molar-refractivity contribution is -0.159. The van der Waals surface area contributed by atoms with E-state index in [-0.39, 0.29) is 5.82 Å². The van der Waals surface area contributed by atoms with Crippen LogP contribution in [0.4, 0.5) is 10.6 Å². The summed E-state index contributed by atoms with van der Waals surface area (Å²) in [6, 6.07) is 14.6. The van der Waals surface area contributed by atoms with Gasteiger partial charge in [-0.15, -0.1) is 16.1 Å². The van der Waals surface area contributed by atoms with Crippen LogP contribution in [0.3, 0.4) is 0 Å². The van der Waals surface area contributed by atoms with E-state index in [0.29, 0.717) is 17.3 Å². The molecule has 1 amide bonds. The monoisotopic (exact) mass is 684 g/mol. The van der Waals surface area contributed by atoms with Crippen LogP contribution in [-0.4, -0.2) is 48.4 Å². The zero-order chi connectivity index (χ0) is 33.8. The minimum atomic E-state index is -1.51. The van der Waals surface area contributed by atoms with Crippen LogP contribution in [0, 0.1) is 0 Å². The van der Waals surface area contributed by atoms with Crippen LogP contribution in [0.5, 0.6) is 0 Å². The van der Waals surface area contributed by atoms with Gasteiger partial charge in [-0.3, -0.25) is 9.88 Å². The molecule has 0 spiro atoms. The summed E-state index contributed by atoms with van der Waals surface area (Å²) < 4.78 is 29.4. The minimum absolute atomic E-state index is 0.227. The van der Waals surface area contributed by atoms with Crippen LogP contribution in [-0.2, 0) is 26.4 Å². The van der Waals surface area contributed by atoms with Crippen LogP contribution < -0.4 is 9.62 Å². The van der Waals surface area contributed by atoms with E-state index in [1.54, 1.807) is 39.1 Å². The number of amides is 1.